The van der Waals surface area contributed by atoms with Crippen LogP contribution in [0.25, 0.3) is 22.6 Å². The highest BCUT2D eigenvalue weighted by Crippen LogP contribution is 2.26. The molecule has 0 spiro atoms. The second kappa shape index (κ2) is 4.73. The molecule has 0 aliphatic rings. The largest absolute Gasteiger partial charge is 0.368 e. The van der Waals surface area contributed by atoms with Crippen molar-refractivity contribution >= 4 is 5.95 Å². The lowest BCUT2D eigenvalue weighted by atomic mass is 10.1. The zero-order chi connectivity index (χ0) is 14.1. The van der Waals surface area contributed by atoms with E-state index in [4.69, 9.17) is 5.73 Å². The number of hydrogen-bond acceptors (Lipinski definition) is 3. The predicted molar refractivity (Wildman–Crippen MR) is 71.6 cm³/mol. The van der Waals surface area contributed by atoms with E-state index in [0.29, 0.717) is 17.1 Å². The molecule has 3 aromatic rings. The fourth-order valence-corrected chi connectivity index (χ4v) is 1.94. The summed E-state index contributed by atoms with van der Waals surface area (Å²) in [6.45, 7) is 0. The Balaban J connectivity index is 2.04. The van der Waals surface area contributed by atoms with E-state index in [1.165, 1.54) is 18.3 Å². The molecule has 0 aliphatic heterocycles. The fourth-order valence-electron chi connectivity index (χ4n) is 1.94. The minimum Gasteiger partial charge on any atom is -0.368 e. The van der Waals surface area contributed by atoms with Gasteiger partial charge < -0.3 is 10.7 Å². The number of benzene rings is 1. The number of hydrogen-bond donors (Lipinski definition) is 2. The molecule has 0 aliphatic carbocycles. The number of aromatic amines is 1. The smallest absolute Gasteiger partial charge is 0.220 e. The standard InChI is InChI=1S/C14H10F2N4/c15-9-3-1-2-8(13(9)16)10-4-5-11(19-10)12-6-7-18-14(17)20-12/h1-7,19H,(H2,17,18,20). The topological polar surface area (TPSA) is 67.6 Å². The zero-order valence-electron chi connectivity index (χ0n) is 10.3. The summed E-state index contributed by atoms with van der Waals surface area (Å²) in [7, 11) is 0. The number of nitrogens with one attached hydrogen (secondary N) is 1. The summed E-state index contributed by atoms with van der Waals surface area (Å²) in [4.78, 5) is 10.8. The molecular weight excluding hydrogens is 262 g/mol. The Labute approximate surface area is 113 Å². The summed E-state index contributed by atoms with van der Waals surface area (Å²) in [5, 5.41) is 0. The maximum atomic E-state index is 13.7. The SMILES string of the molecule is Nc1nccc(-c2ccc(-c3cccc(F)c3F)[nH]2)n1. The number of aromatic nitrogens is 3. The van der Waals surface area contributed by atoms with Gasteiger partial charge >= 0.3 is 0 Å². The van der Waals surface area contributed by atoms with Gasteiger partial charge in [0.15, 0.2) is 11.6 Å². The molecule has 3 rings (SSSR count). The summed E-state index contributed by atoms with van der Waals surface area (Å²) >= 11 is 0. The molecule has 4 nitrogen and oxygen atoms in total. The number of H-pyrrole nitrogens is 1. The Morgan fingerprint density at radius 2 is 1.80 bits per heavy atom. The van der Waals surface area contributed by atoms with Crippen molar-refractivity contribution in [3.05, 3.63) is 54.2 Å². The van der Waals surface area contributed by atoms with E-state index in [0.717, 1.165) is 6.07 Å². The lowest BCUT2D eigenvalue weighted by molar-refractivity contribution is 0.511. The van der Waals surface area contributed by atoms with Crippen LogP contribution in [-0.4, -0.2) is 15.0 Å². The van der Waals surface area contributed by atoms with Gasteiger partial charge in [0.1, 0.15) is 0 Å². The third-order valence-corrected chi connectivity index (χ3v) is 2.88. The van der Waals surface area contributed by atoms with Crippen LogP contribution in [-0.2, 0) is 0 Å². The van der Waals surface area contributed by atoms with Crippen molar-refractivity contribution in [2.75, 3.05) is 5.73 Å². The molecule has 2 heterocycles. The maximum absolute atomic E-state index is 13.7. The van der Waals surface area contributed by atoms with E-state index in [-0.39, 0.29) is 11.5 Å². The van der Waals surface area contributed by atoms with Gasteiger partial charge in [-0.05, 0) is 30.3 Å². The lowest BCUT2D eigenvalue weighted by Crippen LogP contribution is -1.95. The van der Waals surface area contributed by atoms with E-state index in [2.05, 4.69) is 15.0 Å². The first-order valence-electron chi connectivity index (χ1n) is 5.87. The molecule has 0 radical (unpaired) electrons. The Morgan fingerprint density at radius 1 is 1.00 bits per heavy atom. The van der Waals surface area contributed by atoms with Gasteiger partial charge in [-0.2, -0.15) is 0 Å². The monoisotopic (exact) mass is 272 g/mol. The first-order valence-corrected chi connectivity index (χ1v) is 5.87. The third kappa shape index (κ3) is 2.11. The average molecular weight is 272 g/mol. The molecule has 0 saturated carbocycles. The second-order valence-corrected chi connectivity index (χ2v) is 4.19. The van der Waals surface area contributed by atoms with Gasteiger partial charge in [0, 0.05) is 17.5 Å². The minimum atomic E-state index is -0.886. The van der Waals surface area contributed by atoms with Crippen LogP contribution in [0.3, 0.4) is 0 Å². The molecule has 1 aromatic carbocycles. The Bertz CT molecular complexity index is 767. The molecule has 6 heteroatoms. The summed E-state index contributed by atoms with van der Waals surface area (Å²) < 4.78 is 26.9. The first kappa shape index (κ1) is 12.3. The Kier molecular flexibility index (Phi) is 2.90. The van der Waals surface area contributed by atoms with Crippen LogP contribution < -0.4 is 5.73 Å². The number of nitrogens with zero attached hydrogens (tertiary/aromatic N) is 2. The summed E-state index contributed by atoms with van der Waals surface area (Å²) in [5.41, 5.74) is 7.38. The van der Waals surface area contributed by atoms with E-state index in [1.807, 2.05) is 0 Å². The van der Waals surface area contributed by atoms with Crippen molar-refractivity contribution in [2.24, 2.45) is 0 Å². The maximum Gasteiger partial charge on any atom is 0.220 e. The molecular formula is C14H10F2N4. The summed E-state index contributed by atoms with van der Waals surface area (Å²) in [6.07, 6.45) is 1.53. The predicted octanol–water partition coefficient (Wildman–Crippen LogP) is 3.00. The number of halogens is 2. The summed E-state index contributed by atoms with van der Waals surface area (Å²) in [5.74, 6) is -1.62. The van der Waals surface area contributed by atoms with Crippen LogP contribution >= 0.6 is 0 Å². The van der Waals surface area contributed by atoms with E-state index >= 15 is 0 Å². The molecule has 0 unspecified atom stereocenters. The molecule has 3 N–H and O–H groups in total. The van der Waals surface area contributed by atoms with Gasteiger partial charge in [0.05, 0.1) is 11.4 Å². The lowest BCUT2D eigenvalue weighted by Gasteiger charge is -2.02. The number of nitrogens with two attached hydrogens (primary N) is 1. The van der Waals surface area contributed by atoms with Crippen LogP contribution in [0, 0.1) is 11.6 Å². The van der Waals surface area contributed by atoms with Crippen LogP contribution in [0.4, 0.5) is 14.7 Å². The van der Waals surface area contributed by atoms with Crippen molar-refractivity contribution in [3.8, 4) is 22.6 Å². The Morgan fingerprint density at radius 3 is 2.60 bits per heavy atom. The molecule has 100 valence electrons. The number of nitrogen functional groups attached to an aromatic ring is 1. The molecule has 0 saturated heterocycles. The van der Waals surface area contributed by atoms with Gasteiger partial charge in [-0.1, -0.05) is 6.07 Å². The number of rotatable bonds is 2. The normalized spacial score (nSPS) is 10.7. The third-order valence-electron chi connectivity index (χ3n) is 2.88. The van der Waals surface area contributed by atoms with Gasteiger partial charge in [0.25, 0.3) is 0 Å². The summed E-state index contributed by atoms with van der Waals surface area (Å²) in [6, 6.07) is 9.09. The van der Waals surface area contributed by atoms with Crippen molar-refractivity contribution in [2.45, 2.75) is 0 Å². The molecule has 20 heavy (non-hydrogen) atoms. The van der Waals surface area contributed by atoms with E-state index < -0.39 is 11.6 Å². The fraction of sp³-hybridized carbons (Fsp3) is 0. The molecule has 0 atom stereocenters. The van der Waals surface area contributed by atoms with Gasteiger partial charge in [-0.25, -0.2) is 18.7 Å². The minimum absolute atomic E-state index is 0.149. The van der Waals surface area contributed by atoms with Gasteiger partial charge in [0.2, 0.25) is 5.95 Å². The number of anilines is 1. The van der Waals surface area contributed by atoms with Crippen molar-refractivity contribution in [1.29, 1.82) is 0 Å². The molecule has 0 amide bonds. The van der Waals surface area contributed by atoms with Gasteiger partial charge in [-0.3, -0.25) is 0 Å². The highest BCUT2D eigenvalue weighted by atomic mass is 19.2. The first-order chi connectivity index (χ1) is 9.65. The van der Waals surface area contributed by atoms with Crippen LogP contribution in [0.5, 0.6) is 0 Å². The van der Waals surface area contributed by atoms with Gasteiger partial charge in [-0.15, -0.1) is 0 Å². The average Bonchev–Trinajstić information content (AvgIpc) is 2.91. The molecule has 2 aromatic heterocycles. The molecule has 0 bridgehead atoms. The second-order valence-electron chi connectivity index (χ2n) is 4.19. The molecule has 0 fully saturated rings. The van der Waals surface area contributed by atoms with Crippen molar-refractivity contribution in [1.82, 2.24) is 15.0 Å². The Hall–Kier alpha value is -2.76. The van der Waals surface area contributed by atoms with Crippen molar-refractivity contribution < 1.29 is 8.78 Å². The quantitative estimate of drug-likeness (QED) is 0.753. The van der Waals surface area contributed by atoms with Crippen LogP contribution in [0.15, 0.2) is 42.6 Å². The van der Waals surface area contributed by atoms with E-state index in [1.54, 1.807) is 18.2 Å². The zero-order valence-corrected chi connectivity index (χ0v) is 10.3. The highest BCUT2D eigenvalue weighted by Gasteiger charge is 2.12. The van der Waals surface area contributed by atoms with Crippen LogP contribution in [0.1, 0.15) is 0 Å². The van der Waals surface area contributed by atoms with E-state index in [9.17, 15) is 8.78 Å². The van der Waals surface area contributed by atoms with Crippen LogP contribution in [0.2, 0.25) is 0 Å². The highest BCUT2D eigenvalue weighted by molar-refractivity contribution is 5.67. The van der Waals surface area contributed by atoms with Crippen molar-refractivity contribution in [3.63, 3.8) is 0 Å².